The fourth-order valence-corrected chi connectivity index (χ4v) is 3.61. The summed E-state index contributed by atoms with van der Waals surface area (Å²) in [5.74, 6) is 1.08. The summed E-state index contributed by atoms with van der Waals surface area (Å²) in [6, 6.07) is 7.63. The molecule has 1 N–H and O–H groups in total. The number of piperidine rings is 1. The van der Waals surface area contributed by atoms with Gasteiger partial charge in [0.2, 0.25) is 0 Å². The summed E-state index contributed by atoms with van der Waals surface area (Å²) in [6.07, 6.45) is 5.02. The fraction of sp³-hybridized carbons (Fsp3) is 0.435. The van der Waals surface area contributed by atoms with Crippen LogP contribution in [0.5, 0.6) is 5.75 Å². The van der Waals surface area contributed by atoms with Gasteiger partial charge in [-0.3, -0.25) is 14.6 Å². The van der Waals surface area contributed by atoms with Gasteiger partial charge in [0.25, 0.3) is 11.8 Å². The predicted octanol–water partition coefficient (Wildman–Crippen LogP) is 3.05. The van der Waals surface area contributed by atoms with Crippen molar-refractivity contribution in [1.29, 1.82) is 0 Å². The molecule has 1 aliphatic rings. The Labute approximate surface area is 172 Å². The second-order valence-electron chi connectivity index (χ2n) is 7.72. The van der Waals surface area contributed by atoms with E-state index in [1.807, 2.05) is 31.7 Å². The number of hydrogen-bond acceptors (Lipinski definition) is 4. The summed E-state index contributed by atoms with van der Waals surface area (Å²) in [7, 11) is 0. The van der Waals surface area contributed by atoms with Crippen LogP contribution in [-0.4, -0.2) is 47.9 Å². The number of nitrogens with one attached hydrogen (secondary N) is 1. The van der Waals surface area contributed by atoms with Crippen LogP contribution in [0.1, 0.15) is 39.9 Å². The first-order chi connectivity index (χ1) is 14.0. The van der Waals surface area contributed by atoms with E-state index >= 15 is 0 Å². The molecular formula is C23H29N3O3. The Bertz CT molecular complexity index is 859. The van der Waals surface area contributed by atoms with Crippen molar-refractivity contribution >= 4 is 11.8 Å². The minimum Gasteiger partial charge on any atom is -0.483 e. The highest BCUT2D eigenvalue weighted by molar-refractivity contribution is 5.93. The highest BCUT2D eigenvalue weighted by Gasteiger charge is 2.24. The molecule has 154 valence electrons. The molecular weight excluding hydrogens is 366 g/mol. The van der Waals surface area contributed by atoms with Crippen molar-refractivity contribution in [3.63, 3.8) is 0 Å². The summed E-state index contributed by atoms with van der Waals surface area (Å²) in [4.78, 5) is 30.6. The number of rotatable bonds is 6. The summed E-state index contributed by atoms with van der Waals surface area (Å²) >= 11 is 0. The van der Waals surface area contributed by atoms with Crippen molar-refractivity contribution in [3.8, 4) is 5.75 Å². The highest BCUT2D eigenvalue weighted by Crippen LogP contribution is 2.25. The van der Waals surface area contributed by atoms with E-state index in [1.165, 1.54) is 0 Å². The number of benzene rings is 1. The van der Waals surface area contributed by atoms with Crippen LogP contribution in [0.2, 0.25) is 0 Å². The minimum absolute atomic E-state index is 0.0173. The summed E-state index contributed by atoms with van der Waals surface area (Å²) < 4.78 is 5.78. The van der Waals surface area contributed by atoms with E-state index < -0.39 is 0 Å². The van der Waals surface area contributed by atoms with Gasteiger partial charge in [-0.15, -0.1) is 0 Å². The Morgan fingerprint density at radius 2 is 1.86 bits per heavy atom. The molecule has 0 radical (unpaired) electrons. The van der Waals surface area contributed by atoms with Crippen LogP contribution in [0.4, 0.5) is 0 Å². The summed E-state index contributed by atoms with van der Waals surface area (Å²) in [5.41, 5.74) is 3.88. The quantitative estimate of drug-likeness (QED) is 0.816. The molecule has 0 saturated carbocycles. The molecule has 0 unspecified atom stereocenters. The number of ether oxygens (including phenoxy) is 1. The number of amides is 2. The molecule has 1 aliphatic heterocycles. The maximum Gasteiger partial charge on any atom is 0.257 e. The predicted molar refractivity (Wildman–Crippen MR) is 112 cm³/mol. The SMILES string of the molecule is Cc1ccc(C)c(OCC(=O)NCC2CCN(C(=O)c3cccnc3)CC2)c1C. The van der Waals surface area contributed by atoms with Gasteiger partial charge in [0.1, 0.15) is 5.75 Å². The van der Waals surface area contributed by atoms with Crippen molar-refractivity contribution in [2.45, 2.75) is 33.6 Å². The van der Waals surface area contributed by atoms with Gasteiger partial charge in [0, 0.05) is 32.0 Å². The van der Waals surface area contributed by atoms with Gasteiger partial charge >= 0.3 is 0 Å². The number of hydrogen-bond donors (Lipinski definition) is 1. The Morgan fingerprint density at radius 1 is 1.14 bits per heavy atom. The van der Waals surface area contributed by atoms with Crippen LogP contribution in [0, 0.1) is 26.7 Å². The van der Waals surface area contributed by atoms with Crippen LogP contribution in [0.25, 0.3) is 0 Å². The van der Waals surface area contributed by atoms with E-state index in [0.717, 1.165) is 35.3 Å². The standard InChI is InChI=1S/C23H29N3O3/c1-16-6-7-17(2)22(18(16)3)29-15-21(27)25-13-19-8-11-26(12-9-19)23(28)20-5-4-10-24-14-20/h4-7,10,14,19H,8-9,11-13,15H2,1-3H3,(H,25,27). The molecule has 2 heterocycles. The number of pyridine rings is 1. The zero-order chi connectivity index (χ0) is 20.8. The van der Waals surface area contributed by atoms with Crippen LogP contribution < -0.4 is 10.1 Å². The average molecular weight is 396 g/mol. The maximum absolute atomic E-state index is 12.5. The Kier molecular flexibility index (Phi) is 6.86. The number of nitrogens with zero attached hydrogens (tertiary/aromatic N) is 2. The van der Waals surface area contributed by atoms with E-state index in [2.05, 4.69) is 16.4 Å². The molecule has 1 aromatic carbocycles. The van der Waals surface area contributed by atoms with Gasteiger partial charge in [-0.2, -0.15) is 0 Å². The van der Waals surface area contributed by atoms with E-state index in [1.54, 1.807) is 24.5 Å². The van der Waals surface area contributed by atoms with E-state index in [-0.39, 0.29) is 18.4 Å². The molecule has 29 heavy (non-hydrogen) atoms. The molecule has 0 atom stereocenters. The van der Waals surface area contributed by atoms with Crippen LogP contribution in [-0.2, 0) is 4.79 Å². The lowest BCUT2D eigenvalue weighted by molar-refractivity contribution is -0.123. The molecule has 0 aliphatic carbocycles. The second kappa shape index (κ2) is 9.54. The van der Waals surface area contributed by atoms with Crippen LogP contribution >= 0.6 is 0 Å². The summed E-state index contributed by atoms with van der Waals surface area (Å²) in [5, 5.41) is 2.97. The number of aromatic nitrogens is 1. The van der Waals surface area contributed by atoms with Gasteiger partial charge in [-0.05, 0) is 68.4 Å². The van der Waals surface area contributed by atoms with Crippen molar-refractivity contribution in [2.75, 3.05) is 26.2 Å². The highest BCUT2D eigenvalue weighted by atomic mass is 16.5. The molecule has 1 aromatic heterocycles. The van der Waals surface area contributed by atoms with E-state index in [9.17, 15) is 9.59 Å². The van der Waals surface area contributed by atoms with E-state index in [0.29, 0.717) is 31.1 Å². The molecule has 2 aromatic rings. The number of aryl methyl sites for hydroxylation is 2. The Hall–Kier alpha value is -2.89. The smallest absolute Gasteiger partial charge is 0.257 e. The molecule has 1 saturated heterocycles. The second-order valence-corrected chi connectivity index (χ2v) is 7.72. The number of likely N-dealkylation sites (tertiary alicyclic amines) is 1. The third kappa shape index (κ3) is 5.34. The zero-order valence-electron chi connectivity index (χ0n) is 17.4. The first-order valence-electron chi connectivity index (χ1n) is 10.1. The van der Waals surface area contributed by atoms with Crippen LogP contribution in [0.3, 0.4) is 0 Å². The molecule has 0 spiro atoms. The minimum atomic E-state index is -0.112. The lowest BCUT2D eigenvalue weighted by Crippen LogP contribution is -2.42. The lowest BCUT2D eigenvalue weighted by Gasteiger charge is -2.32. The monoisotopic (exact) mass is 395 g/mol. The molecule has 1 fully saturated rings. The van der Waals surface area contributed by atoms with Crippen molar-refractivity contribution in [2.24, 2.45) is 5.92 Å². The van der Waals surface area contributed by atoms with Gasteiger partial charge in [-0.1, -0.05) is 12.1 Å². The van der Waals surface area contributed by atoms with E-state index in [4.69, 9.17) is 4.74 Å². The average Bonchev–Trinajstić information content (AvgIpc) is 2.75. The Balaban J connectivity index is 1.41. The first kappa shape index (κ1) is 20.8. The topological polar surface area (TPSA) is 71.5 Å². The van der Waals surface area contributed by atoms with Gasteiger partial charge < -0.3 is 15.0 Å². The third-order valence-corrected chi connectivity index (χ3v) is 5.62. The van der Waals surface area contributed by atoms with Gasteiger partial charge in [0.15, 0.2) is 6.61 Å². The van der Waals surface area contributed by atoms with Crippen molar-refractivity contribution < 1.29 is 14.3 Å². The first-order valence-corrected chi connectivity index (χ1v) is 10.1. The van der Waals surface area contributed by atoms with Gasteiger partial charge in [-0.25, -0.2) is 0 Å². The summed E-state index contributed by atoms with van der Waals surface area (Å²) in [6.45, 7) is 8.06. The normalized spacial score (nSPS) is 14.5. The Morgan fingerprint density at radius 3 is 2.55 bits per heavy atom. The van der Waals surface area contributed by atoms with Gasteiger partial charge in [0.05, 0.1) is 5.56 Å². The molecule has 0 bridgehead atoms. The lowest BCUT2D eigenvalue weighted by atomic mass is 9.96. The molecule has 6 nitrogen and oxygen atoms in total. The zero-order valence-corrected chi connectivity index (χ0v) is 17.4. The van der Waals surface area contributed by atoms with Crippen LogP contribution in [0.15, 0.2) is 36.7 Å². The van der Waals surface area contributed by atoms with Crippen molar-refractivity contribution in [1.82, 2.24) is 15.2 Å². The maximum atomic E-state index is 12.5. The third-order valence-electron chi connectivity index (χ3n) is 5.62. The number of carbonyl (C=O) groups excluding carboxylic acids is 2. The molecule has 3 rings (SSSR count). The largest absolute Gasteiger partial charge is 0.483 e. The molecule has 6 heteroatoms. The fourth-order valence-electron chi connectivity index (χ4n) is 3.61. The number of carbonyl (C=O) groups is 2. The molecule has 2 amide bonds. The van der Waals surface area contributed by atoms with Crippen molar-refractivity contribution in [3.05, 3.63) is 58.9 Å².